The maximum atomic E-state index is 12.3. The summed E-state index contributed by atoms with van der Waals surface area (Å²) in [6.07, 6.45) is 1.01. The molecule has 0 radical (unpaired) electrons. The van der Waals surface area contributed by atoms with Crippen LogP contribution in [0.4, 0.5) is 11.4 Å². The van der Waals surface area contributed by atoms with E-state index in [0.29, 0.717) is 22.0 Å². The Morgan fingerprint density at radius 2 is 1.77 bits per heavy atom. The van der Waals surface area contributed by atoms with E-state index in [2.05, 4.69) is 10.6 Å². The van der Waals surface area contributed by atoms with Crippen LogP contribution in [0.25, 0.3) is 0 Å². The van der Waals surface area contributed by atoms with Crippen LogP contribution in [0.1, 0.15) is 10.4 Å². The maximum absolute atomic E-state index is 12.3. The Balaban J connectivity index is 2.14. The van der Waals surface area contributed by atoms with Gasteiger partial charge in [-0.25, -0.2) is 8.42 Å². The van der Waals surface area contributed by atoms with Gasteiger partial charge < -0.3 is 10.6 Å². The van der Waals surface area contributed by atoms with E-state index in [9.17, 15) is 18.0 Å². The monoisotopic (exact) mass is 395 g/mol. The fourth-order valence-electron chi connectivity index (χ4n) is 2.21. The van der Waals surface area contributed by atoms with Crippen LogP contribution in [0, 0.1) is 0 Å². The number of nitrogens with one attached hydrogen (secondary N) is 2. The number of carbonyl (C=O) groups is 2. The Kier molecular flexibility index (Phi) is 6.23. The summed E-state index contributed by atoms with van der Waals surface area (Å²) < 4.78 is 25.0. The number of sulfonamides is 1. The number of nitrogens with zero attached hydrogens (tertiary/aromatic N) is 1. The van der Waals surface area contributed by atoms with E-state index in [0.717, 1.165) is 10.6 Å². The van der Waals surface area contributed by atoms with E-state index in [1.165, 1.54) is 13.1 Å². The second-order valence-corrected chi connectivity index (χ2v) is 7.80. The number of amides is 2. The number of benzene rings is 2. The summed E-state index contributed by atoms with van der Waals surface area (Å²) in [6, 6.07) is 12.5. The summed E-state index contributed by atoms with van der Waals surface area (Å²) in [5, 5.41) is 5.46. The van der Waals surface area contributed by atoms with Crippen LogP contribution in [-0.4, -0.2) is 40.1 Å². The van der Waals surface area contributed by atoms with Gasteiger partial charge in [0.25, 0.3) is 5.91 Å². The molecule has 9 heteroatoms. The standard InChI is InChI=1S/C17H18ClN3O4S/c1-19-17(23)12-6-8-14(9-7-12)20-16(22)11-21(26(2,24)25)15-5-3-4-13(18)10-15/h3-10H,11H2,1-2H3,(H,19,23)(H,20,22). The molecule has 0 aliphatic heterocycles. The lowest BCUT2D eigenvalue weighted by Crippen LogP contribution is -2.37. The van der Waals surface area contributed by atoms with Gasteiger partial charge in [-0.3, -0.25) is 13.9 Å². The Bertz CT molecular complexity index is 914. The minimum atomic E-state index is -3.68. The molecule has 138 valence electrons. The smallest absolute Gasteiger partial charge is 0.251 e. The van der Waals surface area contributed by atoms with Gasteiger partial charge in [0.1, 0.15) is 6.54 Å². The van der Waals surface area contributed by atoms with Crippen LogP contribution in [0.5, 0.6) is 0 Å². The normalized spacial score (nSPS) is 10.9. The van der Waals surface area contributed by atoms with Crippen molar-refractivity contribution in [2.75, 3.05) is 29.5 Å². The third-order valence-corrected chi connectivity index (χ3v) is 4.82. The number of anilines is 2. The highest BCUT2D eigenvalue weighted by Gasteiger charge is 2.21. The zero-order valence-corrected chi connectivity index (χ0v) is 15.8. The first kappa shape index (κ1) is 19.7. The first-order valence-corrected chi connectivity index (χ1v) is 9.78. The molecule has 0 aromatic heterocycles. The van der Waals surface area contributed by atoms with Crippen molar-refractivity contribution in [2.24, 2.45) is 0 Å². The number of halogens is 1. The van der Waals surface area contributed by atoms with Crippen molar-refractivity contribution in [3.05, 3.63) is 59.1 Å². The molecule has 0 aliphatic carbocycles. The third-order valence-electron chi connectivity index (χ3n) is 3.44. The van der Waals surface area contributed by atoms with Crippen LogP contribution in [0.15, 0.2) is 48.5 Å². The molecular weight excluding hydrogens is 378 g/mol. The van der Waals surface area contributed by atoms with E-state index < -0.39 is 22.5 Å². The molecule has 0 aliphatic rings. The number of rotatable bonds is 6. The summed E-state index contributed by atoms with van der Waals surface area (Å²) in [6.45, 7) is -0.406. The molecule has 0 saturated heterocycles. The Hall–Kier alpha value is -2.58. The zero-order chi connectivity index (χ0) is 19.3. The summed E-state index contributed by atoms with van der Waals surface area (Å²) in [5.41, 5.74) is 1.19. The van der Waals surface area contributed by atoms with Gasteiger partial charge in [0.15, 0.2) is 0 Å². The van der Waals surface area contributed by atoms with Crippen molar-refractivity contribution < 1.29 is 18.0 Å². The van der Waals surface area contributed by atoms with Gasteiger partial charge in [0.05, 0.1) is 11.9 Å². The SMILES string of the molecule is CNC(=O)c1ccc(NC(=O)CN(c2cccc(Cl)c2)S(C)(=O)=O)cc1. The van der Waals surface area contributed by atoms with Gasteiger partial charge in [0.2, 0.25) is 15.9 Å². The average molecular weight is 396 g/mol. The van der Waals surface area contributed by atoms with Crippen LogP contribution in [0.3, 0.4) is 0 Å². The van der Waals surface area contributed by atoms with E-state index in [4.69, 9.17) is 11.6 Å². The van der Waals surface area contributed by atoms with Crippen LogP contribution >= 0.6 is 11.6 Å². The lowest BCUT2D eigenvalue weighted by atomic mass is 10.2. The van der Waals surface area contributed by atoms with E-state index in [1.54, 1.807) is 42.5 Å². The summed E-state index contributed by atoms with van der Waals surface area (Å²) in [7, 11) is -2.16. The molecule has 2 N–H and O–H groups in total. The molecule has 0 heterocycles. The second kappa shape index (κ2) is 8.20. The molecule has 0 atom stereocenters. The van der Waals surface area contributed by atoms with Crippen LogP contribution in [0.2, 0.25) is 5.02 Å². The van der Waals surface area contributed by atoms with E-state index >= 15 is 0 Å². The minimum Gasteiger partial charge on any atom is -0.355 e. The predicted molar refractivity (Wildman–Crippen MR) is 102 cm³/mol. The van der Waals surface area contributed by atoms with Gasteiger partial charge in [-0.1, -0.05) is 17.7 Å². The molecule has 0 bridgehead atoms. The highest BCUT2D eigenvalue weighted by molar-refractivity contribution is 7.92. The Labute approximate surface area is 157 Å². The fraction of sp³-hybridized carbons (Fsp3) is 0.176. The minimum absolute atomic E-state index is 0.243. The van der Waals surface area contributed by atoms with Crippen molar-refractivity contribution >= 4 is 44.8 Å². The fourth-order valence-corrected chi connectivity index (χ4v) is 3.24. The molecule has 2 aromatic rings. The van der Waals surface area contributed by atoms with Gasteiger partial charge in [-0.2, -0.15) is 0 Å². The predicted octanol–water partition coefficient (Wildman–Crippen LogP) is 2.10. The lowest BCUT2D eigenvalue weighted by molar-refractivity contribution is -0.114. The number of carbonyl (C=O) groups excluding carboxylic acids is 2. The first-order chi connectivity index (χ1) is 12.2. The zero-order valence-electron chi connectivity index (χ0n) is 14.2. The van der Waals surface area contributed by atoms with Gasteiger partial charge in [-0.05, 0) is 42.5 Å². The molecule has 0 unspecified atom stereocenters. The summed E-state index contributed by atoms with van der Waals surface area (Å²) in [5.74, 6) is -0.768. The van der Waals surface area contributed by atoms with Crippen LogP contribution < -0.4 is 14.9 Å². The molecular formula is C17H18ClN3O4S. The maximum Gasteiger partial charge on any atom is 0.251 e. The van der Waals surface area contributed by atoms with Crippen molar-refractivity contribution in [1.29, 1.82) is 0 Å². The molecule has 26 heavy (non-hydrogen) atoms. The van der Waals surface area contributed by atoms with Crippen molar-refractivity contribution in [3.63, 3.8) is 0 Å². The second-order valence-electron chi connectivity index (χ2n) is 5.45. The number of hydrogen-bond acceptors (Lipinski definition) is 4. The quantitative estimate of drug-likeness (QED) is 0.782. The largest absolute Gasteiger partial charge is 0.355 e. The molecule has 0 saturated carbocycles. The molecule has 2 amide bonds. The van der Waals surface area contributed by atoms with Gasteiger partial charge in [0, 0.05) is 23.3 Å². The highest BCUT2D eigenvalue weighted by Crippen LogP contribution is 2.21. The third kappa shape index (κ3) is 5.21. The molecule has 7 nitrogen and oxygen atoms in total. The van der Waals surface area contributed by atoms with Gasteiger partial charge in [-0.15, -0.1) is 0 Å². The Morgan fingerprint density at radius 3 is 2.31 bits per heavy atom. The van der Waals surface area contributed by atoms with Crippen molar-refractivity contribution in [1.82, 2.24) is 5.32 Å². The molecule has 0 fully saturated rings. The van der Waals surface area contributed by atoms with Crippen molar-refractivity contribution in [3.8, 4) is 0 Å². The molecule has 2 aromatic carbocycles. The van der Waals surface area contributed by atoms with Gasteiger partial charge >= 0.3 is 0 Å². The summed E-state index contributed by atoms with van der Waals surface area (Å²) >= 11 is 5.90. The molecule has 2 rings (SSSR count). The van der Waals surface area contributed by atoms with Crippen molar-refractivity contribution in [2.45, 2.75) is 0 Å². The summed E-state index contributed by atoms with van der Waals surface area (Å²) in [4.78, 5) is 23.8. The van der Waals surface area contributed by atoms with E-state index in [-0.39, 0.29) is 5.91 Å². The number of hydrogen-bond donors (Lipinski definition) is 2. The highest BCUT2D eigenvalue weighted by atomic mass is 35.5. The Morgan fingerprint density at radius 1 is 1.12 bits per heavy atom. The topological polar surface area (TPSA) is 95.6 Å². The van der Waals surface area contributed by atoms with Crippen LogP contribution in [-0.2, 0) is 14.8 Å². The average Bonchev–Trinajstić information content (AvgIpc) is 2.58. The molecule has 0 spiro atoms. The van der Waals surface area contributed by atoms with E-state index in [1.807, 2.05) is 0 Å². The first-order valence-electron chi connectivity index (χ1n) is 7.56. The lowest BCUT2D eigenvalue weighted by Gasteiger charge is -2.22.